The van der Waals surface area contributed by atoms with Crippen molar-refractivity contribution in [2.24, 2.45) is 5.92 Å². The maximum atomic E-state index is 12.3. The largest absolute Gasteiger partial charge is 0.508 e. The number of rotatable bonds is 5. The Hall–Kier alpha value is -2.29. The highest BCUT2D eigenvalue weighted by molar-refractivity contribution is 5.97. The molecule has 3 heteroatoms. The van der Waals surface area contributed by atoms with Crippen molar-refractivity contribution in [1.29, 1.82) is 0 Å². The summed E-state index contributed by atoms with van der Waals surface area (Å²) in [7, 11) is 0. The summed E-state index contributed by atoms with van der Waals surface area (Å²) >= 11 is 0. The SMILES string of the molecule is CCC(C)COC(=O)c1ccccc1-c1ccc(O)cc1. The van der Waals surface area contributed by atoms with Gasteiger partial charge in [-0.15, -0.1) is 0 Å². The number of phenolic OH excluding ortho intramolecular Hbond substituents is 1. The zero-order valence-corrected chi connectivity index (χ0v) is 12.4. The van der Waals surface area contributed by atoms with Crippen molar-refractivity contribution in [3.05, 3.63) is 54.1 Å². The van der Waals surface area contributed by atoms with Gasteiger partial charge < -0.3 is 9.84 Å². The predicted octanol–water partition coefficient (Wildman–Crippen LogP) is 4.26. The number of aromatic hydroxyl groups is 1. The second-order valence-corrected chi connectivity index (χ2v) is 5.20. The lowest BCUT2D eigenvalue weighted by Gasteiger charge is -2.12. The third kappa shape index (κ3) is 3.85. The number of hydrogen-bond acceptors (Lipinski definition) is 3. The van der Waals surface area contributed by atoms with Crippen LogP contribution in [0.15, 0.2) is 48.5 Å². The Labute approximate surface area is 125 Å². The van der Waals surface area contributed by atoms with Crippen LogP contribution in [-0.2, 0) is 4.74 Å². The summed E-state index contributed by atoms with van der Waals surface area (Å²) in [5.74, 6) is 0.254. The van der Waals surface area contributed by atoms with Crippen LogP contribution in [0.3, 0.4) is 0 Å². The summed E-state index contributed by atoms with van der Waals surface area (Å²) in [5, 5.41) is 9.36. The molecule has 2 aromatic rings. The first-order valence-electron chi connectivity index (χ1n) is 7.17. The standard InChI is InChI=1S/C18H20O3/c1-3-13(2)12-21-18(20)17-7-5-4-6-16(17)14-8-10-15(19)11-9-14/h4-11,13,19H,3,12H2,1-2H3. The molecule has 0 spiro atoms. The second kappa shape index (κ2) is 6.93. The molecule has 110 valence electrons. The van der Waals surface area contributed by atoms with Crippen LogP contribution in [-0.4, -0.2) is 17.7 Å². The predicted molar refractivity (Wildman–Crippen MR) is 83.3 cm³/mol. The zero-order chi connectivity index (χ0) is 15.2. The molecule has 0 saturated carbocycles. The van der Waals surface area contributed by atoms with Crippen LogP contribution in [0, 0.1) is 5.92 Å². The van der Waals surface area contributed by atoms with Crippen LogP contribution in [0.25, 0.3) is 11.1 Å². The highest BCUT2D eigenvalue weighted by atomic mass is 16.5. The van der Waals surface area contributed by atoms with Crippen LogP contribution in [0.5, 0.6) is 5.75 Å². The van der Waals surface area contributed by atoms with Crippen molar-refractivity contribution in [2.45, 2.75) is 20.3 Å². The van der Waals surface area contributed by atoms with E-state index in [1.54, 1.807) is 30.3 Å². The zero-order valence-electron chi connectivity index (χ0n) is 12.4. The molecule has 0 aliphatic rings. The maximum Gasteiger partial charge on any atom is 0.338 e. The van der Waals surface area contributed by atoms with Gasteiger partial charge in [-0.2, -0.15) is 0 Å². The number of esters is 1. The fourth-order valence-electron chi connectivity index (χ4n) is 1.97. The van der Waals surface area contributed by atoms with E-state index < -0.39 is 0 Å². The van der Waals surface area contributed by atoms with Crippen molar-refractivity contribution >= 4 is 5.97 Å². The summed E-state index contributed by atoms with van der Waals surface area (Å²) in [5.41, 5.74) is 2.24. The van der Waals surface area contributed by atoms with Crippen molar-refractivity contribution < 1.29 is 14.6 Å². The van der Waals surface area contributed by atoms with Gasteiger partial charge in [-0.1, -0.05) is 50.6 Å². The van der Waals surface area contributed by atoms with E-state index in [1.165, 1.54) is 0 Å². The minimum atomic E-state index is -0.307. The Morgan fingerprint density at radius 2 is 1.81 bits per heavy atom. The fraction of sp³-hybridized carbons (Fsp3) is 0.278. The summed E-state index contributed by atoms with van der Waals surface area (Å²) < 4.78 is 5.38. The van der Waals surface area contributed by atoms with Gasteiger partial charge in [-0.3, -0.25) is 0 Å². The number of ether oxygens (including phenoxy) is 1. The molecular weight excluding hydrogens is 264 g/mol. The van der Waals surface area contributed by atoms with Crippen molar-refractivity contribution in [2.75, 3.05) is 6.61 Å². The molecule has 0 bridgehead atoms. The monoisotopic (exact) mass is 284 g/mol. The number of carbonyl (C=O) groups excluding carboxylic acids is 1. The molecule has 0 aliphatic heterocycles. The van der Waals surface area contributed by atoms with Crippen molar-refractivity contribution in [1.82, 2.24) is 0 Å². The molecule has 2 rings (SSSR count). The van der Waals surface area contributed by atoms with E-state index in [-0.39, 0.29) is 11.7 Å². The molecule has 0 aliphatic carbocycles. The molecule has 0 fully saturated rings. The molecule has 1 N–H and O–H groups in total. The van der Waals surface area contributed by atoms with Gasteiger partial charge in [0.25, 0.3) is 0 Å². The normalized spacial score (nSPS) is 11.9. The van der Waals surface area contributed by atoms with Crippen LogP contribution in [0.1, 0.15) is 30.6 Å². The minimum Gasteiger partial charge on any atom is -0.508 e. The lowest BCUT2D eigenvalue weighted by molar-refractivity contribution is 0.0448. The average Bonchev–Trinajstić information content (AvgIpc) is 2.53. The highest BCUT2D eigenvalue weighted by Gasteiger charge is 2.14. The molecule has 0 aromatic heterocycles. The van der Waals surface area contributed by atoms with Gasteiger partial charge in [0, 0.05) is 0 Å². The van der Waals surface area contributed by atoms with E-state index in [9.17, 15) is 9.90 Å². The topological polar surface area (TPSA) is 46.5 Å². The molecular formula is C18H20O3. The smallest absolute Gasteiger partial charge is 0.338 e. The van der Waals surface area contributed by atoms with E-state index in [0.717, 1.165) is 17.5 Å². The van der Waals surface area contributed by atoms with E-state index >= 15 is 0 Å². The maximum absolute atomic E-state index is 12.3. The Morgan fingerprint density at radius 3 is 2.48 bits per heavy atom. The van der Waals surface area contributed by atoms with Crippen LogP contribution in [0.4, 0.5) is 0 Å². The molecule has 0 radical (unpaired) electrons. The quantitative estimate of drug-likeness (QED) is 0.834. The first-order valence-corrected chi connectivity index (χ1v) is 7.17. The van der Waals surface area contributed by atoms with E-state index in [4.69, 9.17) is 4.74 Å². The van der Waals surface area contributed by atoms with Gasteiger partial charge >= 0.3 is 5.97 Å². The van der Waals surface area contributed by atoms with E-state index in [2.05, 4.69) is 13.8 Å². The van der Waals surface area contributed by atoms with Crippen LogP contribution < -0.4 is 0 Å². The lowest BCUT2D eigenvalue weighted by atomic mass is 9.99. The Balaban J connectivity index is 2.24. The average molecular weight is 284 g/mol. The molecule has 0 saturated heterocycles. The fourth-order valence-corrected chi connectivity index (χ4v) is 1.97. The molecule has 21 heavy (non-hydrogen) atoms. The van der Waals surface area contributed by atoms with Gasteiger partial charge in [0.15, 0.2) is 0 Å². The van der Waals surface area contributed by atoms with Gasteiger partial charge in [-0.25, -0.2) is 4.79 Å². The van der Waals surface area contributed by atoms with Gasteiger partial charge in [0.1, 0.15) is 5.75 Å². The molecule has 0 amide bonds. The number of benzene rings is 2. The van der Waals surface area contributed by atoms with Gasteiger partial charge in [-0.05, 0) is 35.2 Å². The van der Waals surface area contributed by atoms with Gasteiger partial charge in [0.2, 0.25) is 0 Å². The number of phenols is 1. The van der Waals surface area contributed by atoms with E-state index in [1.807, 2.05) is 18.2 Å². The first-order chi connectivity index (χ1) is 10.1. The summed E-state index contributed by atoms with van der Waals surface area (Å²) in [6, 6.07) is 14.1. The summed E-state index contributed by atoms with van der Waals surface area (Å²) in [6.07, 6.45) is 0.979. The lowest BCUT2D eigenvalue weighted by Crippen LogP contribution is -2.12. The van der Waals surface area contributed by atoms with Crippen LogP contribution >= 0.6 is 0 Å². The third-order valence-electron chi connectivity index (χ3n) is 3.52. The number of carbonyl (C=O) groups is 1. The molecule has 2 aromatic carbocycles. The summed E-state index contributed by atoms with van der Waals surface area (Å²) in [6.45, 7) is 4.56. The molecule has 1 unspecified atom stereocenters. The highest BCUT2D eigenvalue weighted by Crippen LogP contribution is 2.26. The first kappa shape index (κ1) is 15.1. The molecule has 1 atom stereocenters. The Bertz CT molecular complexity index is 602. The summed E-state index contributed by atoms with van der Waals surface area (Å²) in [4.78, 5) is 12.3. The Kier molecular flexibility index (Phi) is 4.99. The van der Waals surface area contributed by atoms with Crippen molar-refractivity contribution in [3.63, 3.8) is 0 Å². The van der Waals surface area contributed by atoms with Crippen molar-refractivity contribution in [3.8, 4) is 16.9 Å². The molecule has 3 nitrogen and oxygen atoms in total. The minimum absolute atomic E-state index is 0.204. The van der Waals surface area contributed by atoms with Crippen LogP contribution in [0.2, 0.25) is 0 Å². The number of hydrogen-bond donors (Lipinski definition) is 1. The molecule has 0 heterocycles. The van der Waals surface area contributed by atoms with E-state index in [0.29, 0.717) is 18.1 Å². The van der Waals surface area contributed by atoms with Gasteiger partial charge in [0.05, 0.1) is 12.2 Å². The second-order valence-electron chi connectivity index (χ2n) is 5.20. The Morgan fingerprint density at radius 1 is 1.14 bits per heavy atom. The third-order valence-corrected chi connectivity index (χ3v) is 3.52.